The average Bonchev–Trinajstić information content (AvgIpc) is 2.94. The van der Waals surface area contributed by atoms with E-state index in [0.717, 1.165) is 17.7 Å². The van der Waals surface area contributed by atoms with Gasteiger partial charge in [-0.2, -0.15) is 13.2 Å². The number of aliphatic hydroxyl groups is 1. The minimum atomic E-state index is -5.07. The minimum Gasteiger partial charge on any atom is -0.497 e. The van der Waals surface area contributed by atoms with Crippen molar-refractivity contribution < 1.29 is 45.0 Å². The lowest BCUT2D eigenvalue weighted by Crippen LogP contribution is -2.48. The minimum absolute atomic E-state index is 0.0868. The molecule has 0 radical (unpaired) electrons. The van der Waals surface area contributed by atoms with Crippen LogP contribution in [0.3, 0.4) is 0 Å². The summed E-state index contributed by atoms with van der Waals surface area (Å²) in [5.41, 5.74) is 1.74. The van der Waals surface area contributed by atoms with Crippen LogP contribution >= 0.6 is 0 Å². The summed E-state index contributed by atoms with van der Waals surface area (Å²) in [6.07, 6.45) is -6.61. The molecule has 1 aliphatic heterocycles. The van der Waals surface area contributed by atoms with Crippen LogP contribution in [0.25, 0.3) is 0 Å². The fraction of sp³-hybridized carbons (Fsp3) is 0.345. The van der Waals surface area contributed by atoms with Crippen LogP contribution < -0.4 is 14.8 Å². The molecule has 0 saturated carbocycles. The van der Waals surface area contributed by atoms with Gasteiger partial charge in [0, 0.05) is 32.2 Å². The summed E-state index contributed by atoms with van der Waals surface area (Å²) in [6, 6.07) is 12.5. The van der Waals surface area contributed by atoms with Crippen LogP contribution in [-0.4, -0.2) is 62.9 Å². The predicted octanol–water partition coefficient (Wildman–Crippen LogP) is 3.46. The first kappa shape index (κ1) is 32.3. The number of alkyl halides is 3. The number of methoxy groups -OCH3 is 1. The molecule has 0 aromatic heterocycles. The number of fused-ring (bicyclic) bond motifs is 1. The van der Waals surface area contributed by atoms with E-state index in [4.69, 9.17) is 4.74 Å². The van der Waals surface area contributed by atoms with E-state index in [-0.39, 0.29) is 42.0 Å². The van der Waals surface area contributed by atoms with Gasteiger partial charge in [0.05, 0.1) is 24.2 Å². The lowest BCUT2D eigenvalue weighted by molar-refractivity contribution is -0.186. The third-order valence-electron chi connectivity index (χ3n) is 7.00. The number of nitrogens with zero attached hydrogens (tertiary/aromatic N) is 1. The highest BCUT2D eigenvalue weighted by atomic mass is 32.2. The van der Waals surface area contributed by atoms with Crippen LogP contribution in [-0.2, 0) is 40.7 Å². The summed E-state index contributed by atoms with van der Waals surface area (Å²) < 4.78 is 101. The van der Waals surface area contributed by atoms with Crippen molar-refractivity contribution in [2.45, 2.75) is 49.1 Å². The van der Waals surface area contributed by atoms with Crippen molar-refractivity contribution in [3.63, 3.8) is 0 Å². The van der Waals surface area contributed by atoms with Gasteiger partial charge in [-0.25, -0.2) is 21.9 Å². The first-order valence-corrected chi connectivity index (χ1v) is 14.7. The molecule has 0 fully saturated rings. The lowest BCUT2D eigenvalue weighted by Gasteiger charge is -2.30. The Morgan fingerprint density at radius 1 is 1.02 bits per heavy atom. The number of aliphatic hydroxyl groups excluding tert-OH is 1. The van der Waals surface area contributed by atoms with Gasteiger partial charge < -0.3 is 20.1 Å². The third-order valence-corrected chi connectivity index (χ3v) is 8.48. The topological polar surface area (TPSA) is 108 Å². The monoisotopic (exact) mass is 627 g/mol. The van der Waals surface area contributed by atoms with E-state index in [0.29, 0.717) is 28.8 Å². The van der Waals surface area contributed by atoms with Crippen molar-refractivity contribution in [3.8, 4) is 5.75 Å². The summed E-state index contributed by atoms with van der Waals surface area (Å²) in [5, 5.41) is 14.0. The Labute approximate surface area is 245 Å². The number of benzene rings is 3. The summed E-state index contributed by atoms with van der Waals surface area (Å²) in [4.78, 5) is 12.0. The van der Waals surface area contributed by atoms with Crippen LogP contribution in [0.1, 0.15) is 22.3 Å². The van der Waals surface area contributed by atoms with Gasteiger partial charge in [-0.1, -0.05) is 18.2 Å². The molecule has 1 amide bonds. The maximum Gasteiger partial charge on any atom is 0.471 e. The Bertz CT molecular complexity index is 1550. The SMILES string of the molecule is COc1cccc(CNC[C@@H](O)[C@H](Cc2cc(F)cc(F)c2)NS(=O)(=O)c2ccc3c(c2)CN(C(=O)C(F)(F)F)CC3)c1. The molecule has 232 valence electrons. The molecule has 43 heavy (non-hydrogen) atoms. The zero-order chi connectivity index (χ0) is 31.4. The van der Waals surface area contributed by atoms with Crippen LogP contribution in [0.15, 0.2) is 65.6 Å². The number of carbonyl (C=O) groups excluding carboxylic acids is 1. The molecule has 1 aliphatic rings. The molecule has 0 aliphatic carbocycles. The highest BCUT2D eigenvalue weighted by molar-refractivity contribution is 7.89. The van der Waals surface area contributed by atoms with Crippen molar-refractivity contribution >= 4 is 15.9 Å². The Kier molecular flexibility index (Phi) is 10.1. The second-order valence-corrected chi connectivity index (χ2v) is 11.9. The number of ether oxygens (including phenoxy) is 1. The fourth-order valence-corrected chi connectivity index (χ4v) is 6.17. The third kappa shape index (κ3) is 8.50. The largest absolute Gasteiger partial charge is 0.497 e. The molecule has 2 atom stereocenters. The highest BCUT2D eigenvalue weighted by Gasteiger charge is 2.43. The number of carbonyl (C=O) groups is 1. The van der Waals surface area contributed by atoms with E-state index in [1.54, 1.807) is 18.2 Å². The molecule has 8 nitrogen and oxygen atoms in total. The van der Waals surface area contributed by atoms with Gasteiger partial charge in [0.2, 0.25) is 10.0 Å². The normalized spacial score (nSPS) is 15.1. The number of hydrogen-bond acceptors (Lipinski definition) is 6. The zero-order valence-electron chi connectivity index (χ0n) is 23.0. The molecule has 3 aromatic rings. The quantitative estimate of drug-likeness (QED) is 0.281. The van der Waals surface area contributed by atoms with Crippen molar-refractivity contribution in [2.75, 3.05) is 20.2 Å². The fourth-order valence-electron chi connectivity index (χ4n) is 4.85. The van der Waals surface area contributed by atoms with Crippen LogP contribution in [0.2, 0.25) is 0 Å². The van der Waals surface area contributed by atoms with Crippen molar-refractivity contribution in [2.24, 2.45) is 0 Å². The summed E-state index contributed by atoms with van der Waals surface area (Å²) >= 11 is 0. The van der Waals surface area contributed by atoms with Gasteiger partial charge in [0.25, 0.3) is 0 Å². The number of sulfonamides is 1. The van der Waals surface area contributed by atoms with Crippen molar-refractivity contribution in [3.05, 3.63) is 94.6 Å². The molecular formula is C29H30F5N3O5S. The number of hydrogen-bond donors (Lipinski definition) is 3. The van der Waals surface area contributed by atoms with Gasteiger partial charge >= 0.3 is 12.1 Å². The van der Waals surface area contributed by atoms with Crippen molar-refractivity contribution in [1.82, 2.24) is 14.9 Å². The first-order valence-electron chi connectivity index (χ1n) is 13.2. The first-order chi connectivity index (χ1) is 20.2. The maximum absolute atomic E-state index is 13.9. The molecule has 1 heterocycles. The molecule has 4 rings (SSSR count). The van der Waals surface area contributed by atoms with E-state index in [9.17, 15) is 40.3 Å². The molecule has 3 N–H and O–H groups in total. The Morgan fingerprint density at radius 2 is 1.74 bits per heavy atom. The molecule has 0 saturated heterocycles. The molecular weight excluding hydrogens is 597 g/mol. The second-order valence-electron chi connectivity index (χ2n) is 10.2. The van der Waals surface area contributed by atoms with E-state index < -0.39 is 52.4 Å². The molecule has 0 spiro atoms. The van der Waals surface area contributed by atoms with Gasteiger partial charge in [0.1, 0.15) is 17.4 Å². The molecule has 0 bridgehead atoms. The van der Waals surface area contributed by atoms with Crippen LogP contribution in [0.4, 0.5) is 22.0 Å². The van der Waals surface area contributed by atoms with E-state index in [2.05, 4.69) is 10.0 Å². The number of halogens is 5. The van der Waals surface area contributed by atoms with Crippen LogP contribution in [0.5, 0.6) is 5.75 Å². The zero-order valence-corrected chi connectivity index (χ0v) is 23.8. The molecule has 3 aromatic carbocycles. The number of nitrogens with one attached hydrogen (secondary N) is 2. The smallest absolute Gasteiger partial charge is 0.471 e. The Hall–Kier alpha value is -3.59. The number of rotatable bonds is 11. The van der Waals surface area contributed by atoms with Gasteiger partial charge in [-0.05, 0) is 71.5 Å². The molecule has 14 heteroatoms. The Morgan fingerprint density at radius 3 is 2.42 bits per heavy atom. The predicted molar refractivity (Wildman–Crippen MR) is 146 cm³/mol. The summed E-state index contributed by atoms with van der Waals surface area (Å²) in [5.74, 6) is -3.16. The van der Waals surface area contributed by atoms with E-state index in [1.165, 1.54) is 25.3 Å². The maximum atomic E-state index is 13.9. The second kappa shape index (κ2) is 13.4. The molecule has 0 unspecified atom stereocenters. The van der Waals surface area contributed by atoms with Crippen molar-refractivity contribution in [1.29, 1.82) is 0 Å². The van der Waals surface area contributed by atoms with Crippen LogP contribution in [0, 0.1) is 11.6 Å². The lowest BCUT2D eigenvalue weighted by atomic mass is 10.00. The van der Waals surface area contributed by atoms with E-state index in [1.807, 2.05) is 6.07 Å². The summed E-state index contributed by atoms with van der Waals surface area (Å²) in [7, 11) is -2.88. The van der Waals surface area contributed by atoms with Gasteiger partial charge in [-0.3, -0.25) is 4.79 Å². The summed E-state index contributed by atoms with van der Waals surface area (Å²) in [6.45, 7) is -0.419. The van der Waals surface area contributed by atoms with Gasteiger partial charge in [-0.15, -0.1) is 0 Å². The Balaban J connectivity index is 1.54. The van der Waals surface area contributed by atoms with E-state index >= 15 is 0 Å². The van der Waals surface area contributed by atoms with Gasteiger partial charge in [0.15, 0.2) is 0 Å². The average molecular weight is 628 g/mol. The number of amides is 1. The standard InChI is InChI=1S/C29H30F5N3O5S/c1-42-24-4-2-3-18(11-24)15-35-16-27(38)26(12-19-9-22(30)14-23(31)10-19)36-43(40,41)25-6-5-20-7-8-37(17-21(20)13-25)28(39)29(32,33)34/h2-6,9-11,13-14,26-27,35-36,38H,7-8,12,15-17H2,1H3/t26-,27+/m0/s1. The highest BCUT2D eigenvalue weighted by Crippen LogP contribution is 2.27.